The molecule has 11 nitrogen and oxygen atoms in total. The van der Waals surface area contributed by atoms with Gasteiger partial charge < -0.3 is 30.2 Å². The van der Waals surface area contributed by atoms with E-state index in [-0.39, 0.29) is 41.6 Å². The molecule has 0 spiro atoms. The number of phenols is 2. The van der Waals surface area contributed by atoms with Crippen molar-refractivity contribution in [3.8, 4) is 11.5 Å². The first-order valence-electron chi connectivity index (χ1n) is 19.2. The van der Waals surface area contributed by atoms with Crippen LogP contribution in [0.25, 0.3) is 0 Å². The summed E-state index contributed by atoms with van der Waals surface area (Å²) in [5.41, 5.74) is 3.01. The Morgan fingerprint density at radius 2 is 1.43 bits per heavy atom. The second-order valence-electron chi connectivity index (χ2n) is 14.9. The summed E-state index contributed by atoms with van der Waals surface area (Å²) < 4.78 is 0. The van der Waals surface area contributed by atoms with Crippen LogP contribution in [-0.4, -0.2) is 117 Å². The van der Waals surface area contributed by atoms with Gasteiger partial charge in [0.25, 0.3) is 0 Å². The Labute approximate surface area is 312 Å². The number of aromatic hydroxyl groups is 2. The minimum atomic E-state index is -0.564. The van der Waals surface area contributed by atoms with E-state index in [0.29, 0.717) is 45.6 Å². The van der Waals surface area contributed by atoms with Crippen molar-refractivity contribution in [2.75, 3.05) is 39.3 Å². The smallest absolute Gasteiger partial charge is 0.312 e. The fourth-order valence-electron chi connectivity index (χ4n) is 8.41. The SMILES string of the molecule is CCC[C@@H]1CNC(=O)C(=O)N1C[C@@H]1CCCN1C[C@H](Cc1ccc(O)cc1)N1C[C@@H](Cc2ccc(O)cc2)N(CC(CC)c2ccccc2)C(=O)C1=O. The molecule has 282 valence electrons. The van der Waals surface area contributed by atoms with Crippen LogP contribution in [0.5, 0.6) is 11.5 Å². The normalized spacial score (nSPS) is 22.3. The summed E-state index contributed by atoms with van der Waals surface area (Å²) in [6, 6.07) is 23.4. The number of carbonyl (C=O) groups excluding carboxylic acids is 4. The van der Waals surface area contributed by atoms with Gasteiger partial charge in [0.15, 0.2) is 0 Å². The molecule has 0 saturated carbocycles. The lowest BCUT2D eigenvalue weighted by Gasteiger charge is -2.46. The zero-order valence-electron chi connectivity index (χ0n) is 30.9. The second-order valence-corrected chi connectivity index (χ2v) is 14.9. The molecular formula is C42H53N5O6. The summed E-state index contributed by atoms with van der Waals surface area (Å²) in [7, 11) is 0. The highest BCUT2D eigenvalue weighted by molar-refractivity contribution is 6.36. The van der Waals surface area contributed by atoms with Crippen molar-refractivity contribution in [1.29, 1.82) is 0 Å². The predicted octanol–water partition coefficient (Wildman–Crippen LogP) is 4.08. The molecule has 0 aromatic heterocycles. The third kappa shape index (κ3) is 9.01. The number of phenolic OH excluding ortho intramolecular Hbond substituents is 2. The van der Waals surface area contributed by atoms with E-state index in [9.17, 15) is 29.4 Å². The van der Waals surface area contributed by atoms with Crippen LogP contribution in [0, 0.1) is 0 Å². The molecule has 4 amide bonds. The minimum Gasteiger partial charge on any atom is -0.508 e. The highest BCUT2D eigenvalue weighted by Crippen LogP contribution is 2.29. The summed E-state index contributed by atoms with van der Waals surface area (Å²) in [6.45, 7) is 7.07. The van der Waals surface area contributed by atoms with E-state index < -0.39 is 23.6 Å². The van der Waals surface area contributed by atoms with Gasteiger partial charge in [-0.25, -0.2) is 0 Å². The molecule has 3 saturated heterocycles. The Kier molecular flexibility index (Phi) is 12.3. The van der Waals surface area contributed by atoms with Crippen LogP contribution in [-0.2, 0) is 32.0 Å². The van der Waals surface area contributed by atoms with Gasteiger partial charge in [-0.1, -0.05) is 74.9 Å². The van der Waals surface area contributed by atoms with Gasteiger partial charge in [0, 0.05) is 56.8 Å². The van der Waals surface area contributed by atoms with Crippen molar-refractivity contribution < 1.29 is 29.4 Å². The van der Waals surface area contributed by atoms with Crippen LogP contribution in [0.3, 0.4) is 0 Å². The number of carbonyl (C=O) groups is 4. The Balaban J connectivity index is 1.29. The molecule has 3 aliphatic rings. The molecule has 0 radical (unpaired) electrons. The molecular weight excluding hydrogens is 670 g/mol. The van der Waals surface area contributed by atoms with Crippen LogP contribution < -0.4 is 5.32 Å². The molecule has 3 heterocycles. The highest BCUT2D eigenvalue weighted by atomic mass is 16.3. The fraction of sp³-hybridized carbons (Fsp3) is 0.476. The van der Waals surface area contributed by atoms with Crippen LogP contribution in [0.1, 0.15) is 68.6 Å². The molecule has 3 aliphatic heterocycles. The lowest BCUT2D eigenvalue weighted by molar-refractivity contribution is -0.161. The largest absolute Gasteiger partial charge is 0.508 e. The summed E-state index contributed by atoms with van der Waals surface area (Å²) in [5, 5.41) is 22.8. The van der Waals surface area contributed by atoms with E-state index in [4.69, 9.17) is 0 Å². The van der Waals surface area contributed by atoms with Crippen molar-refractivity contribution >= 4 is 23.6 Å². The zero-order valence-corrected chi connectivity index (χ0v) is 30.9. The summed E-state index contributed by atoms with van der Waals surface area (Å²) in [4.78, 5) is 61.9. The number of piperazine rings is 2. The van der Waals surface area contributed by atoms with Gasteiger partial charge >= 0.3 is 23.6 Å². The lowest BCUT2D eigenvalue weighted by Crippen LogP contribution is -2.65. The van der Waals surface area contributed by atoms with Gasteiger partial charge in [-0.15, -0.1) is 0 Å². The quantitative estimate of drug-likeness (QED) is 0.202. The zero-order chi connectivity index (χ0) is 37.5. The van der Waals surface area contributed by atoms with Crippen LogP contribution in [0.15, 0.2) is 78.9 Å². The van der Waals surface area contributed by atoms with Crippen molar-refractivity contribution in [2.24, 2.45) is 0 Å². The van der Waals surface area contributed by atoms with Crippen molar-refractivity contribution in [1.82, 2.24) is 24.9 Å². The van der Waals surface area contributed by atoms with E-state index in [2.05, 4.69) is 36.2 Å². The Hall–Kier alpha value is -4.90. The van der Waals surface area contributed by atoms with E-state index >= 15 is 0 Å². The molecule has 53 heavy (non-hydrogen) atoms. The number of hydrogen-bond donors (Lipinski definition) is 3. The molecule has 3 aromatic rings. The Morgan fingerprint density at radius 3 is 2.09 bits per heavy atom. The average Bonchev–Trinajstić information content (AvgIpc) is 3.60. The first-order chi connectivity index (χ1) is 25.6. The number of amides is 4. The predicted molar refractivity (Wildman–Crippen MR) is 202 cm³/mol. The number of nitrogens with one attached hydrogen (secondary N) is 1. The van der Waals surface area contributed by atoms with Crippen LogP contribution in [0.2, 0.25) is 0 Å². The van der Waals surface area contributed by atoms with E-state index in [1.54, 1.807) is 39.0 Å². The van der Waals surface area contributed by atoms with Crippen LogP contribution in [0.4, 0.5) is 0 Å². The average molecular weight is 724 g/mol. The fourth-order valence-corrected chi connectivity index (χ4v) is 8.41. The summed E-state index contributed by atoms with van der Waals surface area (Å²) in [5.74, 6) is -1.73. The van der Waals surface area contributed by atoms with Gasteiger partial charge in [-0.2, -0.15) is 0 Å². The Bertz CT molecular complexity index is 1720. The third-order valence-corrected chi connectivity index (χ3v) is 11.4. The van der Waals surface area contributed by atoms with Gasteiger partial charge in [0.05, 0.1) is 6.04 Å². The van der Waals surface area contributed by atoms with Crippen LogP contribution >= 0.6 is 0 Å². The maximum Gasteiger partial charge on any atom is 0.312 e. The number of nitrogens with zero attached hydrogens (tertiary/aromatic N) is 4. The minimum absolute atomic E-state index is 0.00240. The number of hydrogen-bond acceptors (Lipinski definition) is 7. The molecule has 1 unspecified atom stereocenters. The molecule has 11 heteroatoms. The molecule has 3 fully saturated rings. The Morgan fingerprint density at radius 1 is 0.755 bits per heavy atom. The standard InChI is InChI=1S/C42H53N5O6/c1-3-9-33-24-43-39(50)40(51)46(33)27-34-12-8-21-44(34)26-35(22-29-13-17-37(48)18-14-29)47-28-36(23-30-15-19-38(49)20-16-30)45(41(52)42(47)53)25-31(4-2)32-10-6-5-7-11-32/h5-7,10-11,13-20,31,33-36,48-49H,3-4,8-9,12,21-28H2,1-2H3,(H,43,50)/t31?,33-,34+,35+,36-/m1/s1. The van der Waals surface area contributed by atoms with Crippen molar-refractivity contribution in [2.45, 2.75) is 88.9 Å². The molecule has 3 aromatic carbocycles. The molecule has 0 aliphatic carbocycles. The lowest BCUT2D eigenvalue weighted by atomic mass is 9.92. The van der Waals surface area contributed by atoms with Gasteiger partial charge in [-0.05, 0) is 86.0 Å². The van der Waals surface area contributed by atoms with E-state index in [1.807, 2.05) is 42.5 Å². The first kappa shape index (κ1) is 37.8. The molecule has 5 atom stereocenters. The summed E-state index contributed by atoms with van der Waals surface area (Å²) >= 11 is 0. The number of likely N-dealkylation sites (tertiary alicyclic amines) is 1. The van der Waals surface area contributed by atoms with Gasteiger partial charge in [0.2, 0.25) is 0 Å². The van der Waals surface area contributed by atoms with Crippen molar-refractivity contribution in [3.63, 3.8) is 0 Å². The number of rotatable bonds is 15. The highest BCUT2D eigenvalue weighted by Gasteiger charge is 2.44. The van der Waals surface area contributed by atoms with E-state index in [0.717, 1.165) is 55.3 Å². The number of benzene rings is 3. The molecule has 0 bridgehead atoms. The first-order valence-corrected chi connectivity index (χ1v) is 19.2. The second kappa shape index (κ2) is 17.3. The van der Waals surface area contributed by atoms with Gasteiger partial charge in [-0.3, -0.25) is 24.1 Å². The third-order valence-electron chi connectivity index (χ3n) is 11.4. The maximum atomic E-state index is 14.4. The maximum absolute atomic E-state index is 14.4. The van der Waals surface area contributed by atoms with Gasteiger partial charge in [0.1, 0.15) is 11.5 Å². The molecule has 3 N–H and O–H groups in total. The monoisotopic (exact) mass is 723 g/mol. The topological polar surface area (TPSA) is 134 Å². The summed E-state index contributed by atoms with van der Waals surface area (Å²) in [6.07, 6.45) is 5.26. The molecule has 6 rings (SSSR count). The van der Waals surface area contributed by atoms with Crippen molar-refractivity contribution in [3.05, 3.63) is 95.6 Å². The van der Waals surface area contributed by atoms with E-state index in [1.165, 1.54) is 0 Å².